The van der Waals surface area contributed by atoms with Crippen molar-refractivity contribution < 1.29 is 27.4 Å². The first kappa shape index (κ1) is 23.9. The molecule has 0 atom stereocenters. The molecule has 172 valence electrons. The summed E-state index contributed by atoms with van der Waals surface area (Å²) < 4.78 is 52.0. The van der Waals surface area contributed by atoms with E-state index in [4.69, 9.17) is 14.7 Å². The van der Waals surface area contributed by atoms with Crippen LogP contribution >= 0.6 is 11.8 Å². The number of hydrogen-bond acceptors (Lipinski definition) is 7. The number of halogens is 3. The molecule has 12 heteroatoms. The van der Waals surface area contributed by atoms with E-state index in [0.29, 0.717) is 11.5 Å². The zero-order chi connectivity index (χ0) is 23.8. The lowest BCUT2D eigenvalue weighted by Crippen LogP contribution is -2.25. The molecule has 3 aromatic rings. The smallest absolute Gasteiger partial charge is 0.416 e. The Labute approximate surface area is 191 Å². The molecule has 0 radical (unpaired) electrons. The summed E-state index contributed by atoms with van der Waals surface area (Å²) in [6.07, 6.45) is -4.53. The van der Waals surface area contributed by atoms with Gasteiger partial charge in [0.05, 0.1) is 30.2 Å². The number of benzene rings is 2. The molecule has 0 unspecified atom stereocenters. The molecule has 0 bridgehead atoms. The third-order valence-corrected chi connectivity index (χ3v) is 5.19. The second-order valence-corrected chi connectivity index (χ2v) is 7.41. The van der Waals surface area contributed by atoms with E-state index in [1.54, 1.807) is 30.3 Å². The summed E-state index contributed by atoms with van der Waals surface area (Å²) in [6.45, 7) is -0.239. The number of carbonyl (C=O) groups excluding carboxylic acids is 1. The van der Waals surface area contributed by atoms with Gasteiger partial charge in [0.1, 0.15) is 24.7 Å². The highest BCUT2D eigenvalue weighted by Crippen LogP contribution is 2.32. The van der Waals surface area contributed by atoms with Crippen molar-refractivity contribution in [3.63, 3.8) is 0 Å². The lowest BCUT2D eigenvalue weighted by Gasteiger charge is -2.13. The molecule has 8 nitrogen and oxygen atoms in total. The monoisotopic (exact) mass is 477 g/mol. The Hall–Kier alpha value is -3.72. The molecule has 0 saturated heterocycles. The fourth-order valence-corrected chi connectivity index (χ4v) is 3.51. The van der Waals surface area contributed by atoms with Crippen LogP contribution in [0.4, 0.5) is 13.2 Å². The first-order valence-corrected chi connectivity index (χ1v) is 10.5. The normalized spacial score (nSPS) is 11.0. The zero-order valence-corrected chi connectivity index (χ0v) is 18.1. The van der Waals surface area contributed by atoms with Gasteiger partial charge in [-0.1, -0.05) is 17.8 Å². The van der Waals surface area contributed by atoms with E-state index < -0.39 is 17.6 Å². The van der Waals surface area contributed by atoms with Gasteiger partial charge in [0, 0.05) is 0 Å². The van der Waals surface area contributed by atoms with Crippen molar-refractivity contribution in [3.05, 3.63) is 59.9 Å². The molecule has 3 rings (SSSR count). The van der Waals surface area contributed by atoms with Crippen molar-refractivity contribution in [2.45, 2.75) is 17.9 Å². The lowest BCUT2D eigenvalue weighted by atomic mass is 10.2. The Morgan fingerprint density at radius 3 is 2.58 bits per heavy atom. The summed E-state index contributed by atoms with van der Waals surface area (Å²) in [4.78, 5) is 11.9. The number of alkyl halides is 3. The molecule has 0 spiro atoms. The number of nitriles is 1. The molecule has 0 saturated carbocycles. The van der Waals surface area contributed by atoms with E-state index in [-0.39, 0.29) is 35.6 Å². The Kier molecular flexibility index (Phi) is 7.78. The maximum Gasteiger partial charge on any atom is 0.416 e. The Morgan fingerprint density at radius 2 is 1.91 bits per heavy atom. The summed E-state index contributed by atoms with van der Waals surface area (Å²) in [6, 6.07) is 13.3. The van der Waals surface area contributed by atoms with Crippen LogP contribution in [-0.4, -0.2) is 40.1 Å². The number of carbonyl (C=O) groups is 1. The maximum absolute atomic E-state index is 13.3. The van der Waals surface area contributed by atoms with E-state index in [1.165, 1.54) is 23.8 Å². The molecule has 1 N–H and O–H groups in total. The summed E-state index contributed by atoms with van der Waals surface area (Å²) in [5.41, 5.74) is -0.665. The maximum atomic E-state index is 13.3. The van der Waals surface area contributed by atoms with Crippen LogP contribution in [0.1, 0.15) is 11.4 Å². The van der Waals surface area contributed by atoms with E-state index in [0.717, 1.165) is 23.9 Å². The fraction of sp³-hybridized carbons (Fsp3) is 0.238. The SMILES string of the molecule is COc1ccc(OCc2nnc(SCC(=O)NCC#N)n2-c2cccc(C(F)(F)F)c2)cc1. The Bertz CT molecular complexity index is 1140. The van der Waals surface area contributed by atoms with Crippen molar-refractivity contribution in [3.8, 4) is 23.3 Å². The number of amides is 1. The third kappa shape index (κ3) is 6.39. The van der Waals surface area contributed by atoms with Crippen molar-refractivity contribution in [1.29, 1.82) is 5.26 Å². The van der Waals surface area contributed by atoms with E-state index >= 15 is 0 Å². The van der Waals surface area contributed by atoms with Crippen LogP contribution in [0.2, 0.25) is 0 Å². The quantitative estimate of drug-likeness (QED) is 0.371. The fourth-order valence-electron chi connectivity index (χ4n) is 2.71. The van der Waals surface area contributed by atoms with Crippen molar-refractivity contribution >= 4 is 17.7 Å². The van der Waals surface area contributed by atoms with Crippen LogP contribution in [0.25, 0.3) is 5.69 Å². The summed E-state index contributed by atoms with van der Waals surface area (Å²) in [5.74, 6) is 0.863. The second kappa shape index (κ2) is 10.7. The van der Waals surface area contributed by atoms with Crippen LogP contribution < -0.4 is 14.8 Å². The standard InChI is InChI=1S/C21H18F3N5O3S/c1-31-16-5-7-17(8-6-16)32-12-18-27-28-20(33-13-19(30)26-10-9-25)29(18)15-4-2-3-14(11-15)21(22,23)24/h2-8,11H,10,12-13H2,1H3,(H,26,30). The molecular formula is C21H18F3N5O3S. The van der Waals surface area contributed by atoms with Crippen molar-refractivity contribution in [1.82, 2.24) is 20.1 Å². The van der Waals surface area contributed by atoms with Gasteiger partial charge < -0.3 is 14.8 Å². The molecule has 0 aliphatic carbocycles. The van der Waals surface area contributed by atoms with Gasteiger partial charge in [0.25, 0.3) is 0 Å². The van der Waals surface area contributed by atoms with Crippen LogP contribution in [0, 0.1) is 11.3 Å². The van der Waals surface area contributed by atoms with Gasteiger partial charge in [-0.15, -0.1) is 10.2 Å². The highest BCUT2D eigenvalue weighted by Gasteiger charge is 2.31. The number of thioether (sulfide) groups is 1. The second-order valence-electron chi connectivity index (χ2n) is 6.47. The molecule has 1 heterocycles. The number of aromatic nitrogens is 3. The average Bonchev–Trinajstić information content (AvgIpc) is 3.22. The molecule has 1 amide bonds. The van der Waals surface area contributed by atoms with Crippen LogP contribution in [-0.2, 0) is 17.6 Å². The van der Waals surface area contributed by atoms with Gasteiger partial charge >= 0.3 is 6.18 Å². The molecule has 0 fully saturated rings. The highest BCUT2D eigenvalue weighted by atomic mass is 32.2. The Balaban J connectivity index is 1.88. The van der Waals surface area contributed by atoms with E-state index in [9.17, 15) is 18.0 Å². The number of ether oxygens (including phenoxy) is 2. The lowest BCUT2D eigenvalue weighted by molar-refractivity contribution is -0.137. The number of nitrogens with one attached hydrogen (secondary N) is 1. The summed E-state index contributed by atoms with van der Waals surface area (Å²) in [7, 11) is 1.53. The van der Waals surface area contributed by atoms with Crippen LogP contribution in [0.5, 0.6) is 11.5 Å². The molecule has 33 heavy (non-hydrogen) atoms. The number of hydrogen-bond donors (Lipinski definition) is 1. The van der Waals surface area contributed by atoms with Gasteiger partial charge in [0.2, 0.25) is 5.91 Å². The van der Waals surface area contributed by atoms with Crippen LogP contribution in [0.15, 0.2) is 53.7 Å². The topological polar surface area (TPSA) is 102 Å². The summed E-state index contributed by atoms with van der Waals surface area (Å²) in [5, 5.41) is 19.2. The molecule has 1 aromatic heterocycles. The van der Waals surface area contributed by atoms with Crippen molar-refractivity contribution in [2.75, 3.05) is 19.4 Å². The number of nitrogens with zero attached hydrogens (tertiary/aromatic N) is 4. The molecule has 2 aromatic carbocycles. The predicted octanol–water partition coefficient (Wildman–Crippen LogP) is 3.61. The molecule has 0 aliphatic rings. The highest BCUT2D eigenvalue weighted by molar-refractivity contribution is 7.99. The minimum atomic E-state index is -4.53. The average molecular weight is 477 g/mol. The van der Waals surface area contributed by atoms with Crippen molar-refractivity contribution in [2.24, 2.45) is 0 Å². The largest absolute Gasteiger partial charge is 0.497 e. The Morgan fingerprint density at radius 1 is 1.18 bits per heavy atom. The zero-order valence-electron chi connectivity index (χ0n) is 17.3. The third-order valence-electron chi connectivity index (χ3n) is 4.26. The van der Waals surface area contributed by atoms with Gasteiger partial charge in [-0.25, -0.2) is 0 Å². The van der Waals surface area contributed by atoms with E-state index in [1.807, 2.05) is 0 Å². The van der Waals surface area contributed by atoms with Gasteiger partial charge in [-0.2, -0.15) is 18.4 Å². The molecule has 0 aliphatic heterocycles. The van der Waals surface area contributed by atoms with Gasteiger partial charge in [-0.05, 0) is 42.5 Å². The van der Waals surface area contributed by atoms with E-state index in [2.05, 4.69) is 15.5 Å². The van der Waals surface area contributed by atoms with Gasteiger partial charge in [-0.3, -0.25) is 9.36 Å². The van der Waals surface area contributed by atoms with Crippen LogP contribution in [0.3, 0.4) is 0 Å². The first-order valence-electron chi connectivity index (χ1n) is 9.47. The predicted molar refractivity (Wildman–Crippen MR) is 113 cm³/mol. The number of rotatable bonds is 9. The van der Waals surface area contributed by atoms with Gasteiger partial charge in [0.15, 0.2) is 11.0 Å². The summed E-state index contributed by atoms with van der Waals surface area (Å²) >= 11 is 0.976. The minimum Gasteiger partial charge on any atom is -0.497 e. The number of methoxy groups -OCH3 is 1. The minimum absolute atomic E-state index is 0.0865. The first-order chi connectivity index (χ1) is 15.8. The molecular weight excluding hydrogens is 459 g/mol.